The van der Waals surface area contributed by atoms with Crippen molar-refractivity contribution < 1.29 is 13.2 Å². The van der Waals surface area contributed by atoms with Gasteiger partial charge in [-0.1, -0.05) is 28.9 Å². The van der Waals surface area contributed by atoms with E-state index in [9.17, 15) is 13.2 Å². The Morgan fingerprint density at radius 3 is 2.68 bits per heavy atom. The number of hydrogen-bond donors (Lipinski definition) is 1. The van der Waals surface area contributed by atoms with Crippen LogP contribution in [0.15, 0.2) is 33.6 Å². The summed E-state index contributed by atoms with van der Waals surface area (Å²) in [5.74, 6) is -0.404. The highest BCUT2D eigenvalue weighted by molar-refractivity contribution is 9.10. The molecule has 0 aromatic heterocycles. The first-order valence-corrected chi connectivity index (χ1v) is 8.57. The van der Waals surface area contributed by atoms with E-state index in [0.29, 0.717) is 4.47 Å². The van der Waals surface area contributed by atoms with Gasteiger partial charge >= 0.3 is 0 Å². The van der Waals surface area contributed by atoms with Gasteiger partial charge in [-0.3, -0.25) is 4.79 Å². The fourth-order valence-electron chi connectivity index (χ4n) is 1.45. The molecule has 0 aliphatic carbocycles. The molecule has 1 aromatic rings. The van der Waals surface area contributed by atoms with Gasteiger partial charge in [-0.25, -0.2) is 8.42 Å². The van der Waals surface area contributed by atoms with Crippen LogP contribution in [0.1, 0.15) is 26.7 Å². The molecule has 1 N–H and O–H groups in total. The number of nitrogens with one attached hydrogen (secondary N) is 1. The molecule has 0 radical (unpaired) electrons. The van der Waals surface area contributed by atoms with Crippen molar-refractivity contribution in [1.82, 2.24) is 5.32 Å². The second-order valence-corrected chi connectivity index (χ2v) is 7.43. The van der Waals surface area contributed by atoms with Crippen LogP contribution in [0.4, 0.5) is 0 Å². The lowest BCUT2D eigenvalue weighted by Crippen LogP contribution is -2.33. The number of carbonyl (C=O) groups excluding carboxylic acids is 1. The summed E-state index contributed by atoms with van der Waals surface area (Å²) in [5, 5.41) is 2.75. The molecular weight excluding hydrogens is 330 g/mol. The number of amides is 1. The number of hydrogen-bond acceptors (Lipinski definition) is 3. The van der Waals surface area contributed by atoms with Crippen LogP contribution in [0.3, 0.4) is 0 Å². The molecule has 1 atom stereocenters. The molecule has 1 amide bonds. The smallest absolute Gasteiger partial charge is 0.221 e. The van der Waals surface area contributed by atoms with Crippen molar-refractivity contribution in [3.63, 3.8) is 0 Å². The van der Waals surface area contributed by atoms with Crippen molar-refractivity contribution >= 4 is 31.7 Å². The van der Waals surface area contributed by atoms with Crippen molar-refractivity contribution in [2.75, 3.05) is 5.75 Å². The van der Waals surface area contributed by atoms with Gasteiger partial charge in [0.25, 0.3) is 0 Å². The van der Waals surface area contributed by atoms with Crippen molar-refractivity contribution in [2.24, 2.45) is 0 Å². The zero-order chi connectivity index (χ0) is 14.5. The average Bonchev–Trinajstić information content (AvgIpc) is 2.36. The van der Waals surface area contributed by atoms with Crippen molar-refractivity contribution in [2.45, 2.75) is 37.6 Å². The third kappa shape index (κ3) is 5.32. The van der Waals surface area contributed by atoms with Gasteiger partial charge < -0.3 is 5.32 Å². The maximum absolute atomic E-state index is 12.0. The molecule has 6 heteroatoms. The van der Waals surface area contributed by atoms with Crippen LogP contribution in [0.2, 0.25) is 0 Å². The zero-order valence-corrected chi connectivity index (χ0v) is 13.4. The lowest BCUT2D eigenvalue weighted by Gasteiger charge is -2.11. The lowest BCUT2D eigenvalue weighted by molar-refractivity contribution is -0.121. The minimum atomic E-state index is -3.41. The number of rotatable bonds is 6. The van der Waals surface area contributed by atoms with Gasteiger partial charge in [0.2, 0.25) is 5.91 Å². The Hall–Kier alpha value is -0.880. The standard InChI is InChI=1S/C13H18BrNO3S/c1-3-10(2)15-13(16)7-8-19(17,18)12-6-4-5-11(14)9-12/h4-6,9-10H,3,7-8H2,1-2H3,(H,15,16). The molecule has 0 saturated carbocycles. The Labute approximate surface area is 122 Å². The monoisotopic (exact) mass is 347 g/mol. The fourth-order valence-corrected chi connectivity index (χ4v) is 3.29. The third-order valence-electron chi connectivity index (χ3n) is 2.77. The number of carbonyl (C=O) groups is 1. The number of halogens is 1. The van der Waals surface area contributed by atoms with Gasteiger partial charge in [0.05, 0.1) is 10.6 Å². The first-order valence-electron chi connectivity index (χ1n) is 6.13. The average molecular weight is 348 g/mol. The zero-order valence-electron chi connectivity index (χ0n) is 11.0. The van der Waals surface area contributed by atoms with Gasteiger partial charge in [0, 0.05) is 16.9 Å². The van der Waals surface area contributed by atoms with E-state index in [1.54, 1.807) is 18.2 Å². The molecule has 0 heterocycles. The first-order chi connectivity index (χ1) is 8.85. The van der Waals surface area contributed by atoms with E-state index in [4.69, 9.17) is 0 Å². The Morgan fingerprint density at radius 1 is 1.42 bits per heavy atom. The third-order valence-corrected chi connectivity index (χ3v) is 4.98. The lowest BCUT2D eigenvalue weighted by atomic mass is 10.2. The van der Waals surface area contributed by atoms with Crippen LogP contribution in [-0.4, -0.2) is 26.1 Å². The molecule has 106 valence electrons. The van der Waals surface area contributed by atoms with Gasteiger partial charge in [0.1, 0.15) is 0 Å². The Balaban J connectivity index is 2.64. The molecule has 1 rings (SSSR count). The normalized spacial score (nSPS) is 13.0. The van der Waals surface area contributed by atoms with Gasteiger partial charge in [-0.05, 0) is 31.5 Å². The second-order valence-electron chi connectivity index (χ2n) is 4.40. The Bertz CT molecular complexity index is 543. The highest BCUT2D eigenvalue weighted by Crippen LogP contribution is 2.17. The largest absolute Gasteiger partial charge is 0.354 e. The molecule has 4 nitrogen and oxygen atoms in total. The van der Waals surface area contributed by atoms with Crippen molar-refractivity contribution in [3.8, 4) is 0 Å². The molecule has 0 saturated heterocycles. The van der Waals surface area contributed by atoms with Crippen LogP contribution in [0.5, 0.6) is 0 Å². The summed E-state index contributed by atoms with van der Waals surface area (Å²) in [7, 11) is -3.41. The van der Waals surface area contributed by atoms with Crippen LogP contribution in [0, 0.1) is 0 Å². The Morgan fingerprint density at radius 2 is 2.11 bits per heavy atom. The van der Waals surface area contributed by atoms with Crippen LogP contribution >= 0.6 is 15.9 Å². The number of benzene rings is 1. The van der Waals surface area contributed by atoms with E-state index in [1.807, 2.05) is 13.8 Å². The molecule has 1 unspecified atom stereocenters. The highest BCUT2D eigenvalue weighted by Gasteiger charge is 2.17. The minimum absolute atomic E-state index is 0.0147. The topological polar surface area (TPSA) is 63.2 Å². The SMILES string of the molecule is CCC(C)NC(=O)CCS(=O)(=O)c1cccc(Br)c1. The van der Waals surface area contributed by atoms with Gasteiger partial charge in [-0.15, -0.1) is 0 Å². The van der Waals surface area contributed by atoms with Crippen LogP contribution in [0.25, 0.3) is 0 Å². The molecule has 0 aliphatic rings. The molecular formula is C13H18BrNO3S. The predicted octanol–water partition coefficient (Wildman–Crippen LogP) is 2.53. The summed E-state index contributed by atoms with van der Waals surface area (Å²) in [6, 6.07) is 6.57. The van der Waals surface area contributed by atoms with E-state index in [0.717, 1.165) is 6.42 Å². The van der Waals surface area contributed by atoms with E-state index >= 15 is 0 Å². The maximum Gasteiger partial charge on any atom is 0.221 e. The number of sulfone groups is 1. The summed E-state index contributed by atoms with van der Waals surface area (Å²) in [6.45, 7) is 3.85. The summed E-state index contributed by atoms with van der Waals surface area (Å²) in [5.41, 5.74) is 0. The molecule has 0 fully saturated rings. The molecule has 19 heavy (non-hydrogen) atoms. The molecule has 1 aromatic carbocycles. The first kappa shape index (κ1) is 16.2. The quantitative estimate of drug-likeness (QED) is 0.859. The highest BCUT2D eigenvalue weighted by atomic mass is 79.9. The van der Waals surface area contributed by atoms with Gasteiger partial charge in [-0.2, -0.15) is 0 Å². The van der Waals surface area contributed by atoms with Crippen molar-refractivity contribution in [1.29, 1.82) is 0 Å². The van der Waals surface area contributed by atoms with E-state index in [2.05, 4.69) is 21.2 Å². The minimum Gasteiger partial charge on any atom is -0.354 e. The van der Waals surface area contributed by atoms with Gasteiger partial charge in [0.15, 0.2) is 9.84 Å². The fraction of sp³-hybridized carbons (Fsp3) is 0.462. The van der Waals surface area contributed by atoms with E-state index < -0.39 is 9.84 Å². The summed E-state index contributed by atoms with van der Waals surface area (Å²) in [4.78, 5) is 11.8. The van der Waals surface area contributed by atoms with Crippen molar-refractivity contribution in [3.05, 3.63) is 28.7 Å². The van der Waals surface area contributed by atoms with Crippen LogP contribution in [-0.2, 0) is 14.6 Å². The predicted molar refractivity (Wildman–Crippen MR) is 78.7 cm³/mol. The molecule has 0 aliphatic heterocycles. The van der Waals surface area contributed by atoms with E-state index in [1.165, 1.54) is 6.07 Å². The second kappa shape index (κ2) is 7.05. The summed E-state index contributed by atoms with van der Waals surface area (Å²) >= 11 is 3.23. The summed E-state index contributed by atoms with van der Waals surface area (Å²) in [6.07, 6.45) is 0.809. The molecule has 0 bridgehead atoms. The summed E-state index contributed by atoms with van der Waals surface area (Å²) < 4.78 is 24.8. The maximum atomic E-state index is 12.0. The molecule has 0 spiro atoms. The van der Waals surface area contributed by atoms with E-state index in [-0.39, 0.29) is 29.0 Å². The Kier molecular flexibility index (Phi) is 6.00. The van der Waals surface area contributed by atoms with Crippen LogP contribution < -0.4 is 5.32 Å².